The predicted octanol–water partition coefficient (Wildman–Crippen LogP) is 2.92. The molecule has 0 rings (SSSR count). The molecule has 1 atom stereocenters. The second kappa shape index (κ2) is 8.74. The van der Waals surface area contributed by atoms with E-state index in [1.165, 1.54) is 0 Å². The van der Waals surface area contributed by atoms with E-state index in [-0.39, 0.29) is 12.0 Å². The lowest BCUT2D eigenvalue weighted by Gasteiger charge is -2.22. The highest BCUT2D eigenvalue weighted by atomic mass is 32.2. The topological polar surface area (TPSA) is 83.8 Å². The van der Waals surface area contributed by atoms with Crippen LogP contribution in [0.25, 0.3) is 0 Å². The molecule has 0 spiro atoms. The molecule has 0 aromatic rings. The van der Waals surface area contributed by atoms with Gasteiger partial charge in [-0.1, -0.05) is 13.8 Å². The van der Waals surface area contributed by atoms with Crippen LogP contribution in [0.4, 0.5) is 0 Å². The molecule has 1 unspecified atom stereocenters. The third-order valence-electron chi connectivity index (χ3n) is 3.43. The molecule has 0 amide bonds. The van der Waals surface area contributed by atoms with Crippen LogP contribution in [-0.2, 0) is 20.5 Å². The maximum absolute atomic E-state index is 11.8. The van der Waals surface area contributed by atoms with Crippen LogP contribution in [0.2, 0.25) is 0 Å². The number of carboxylic acids is 1. The van der Waals surface area contributed by atoms with Gasteiger partial charge < -0.3 is 5.11 Å². The Morgan fingerprint density at radius 3 is 2.05 bits per heavy atom. The first-order valence-corrected chi connectivity index (χ1v) is 8.44. The average molecular weight is 308 g/mol. The Balaban J connectivity index is 3.83. The van der Waals surface area contributed by atoms with Gasteiger partial charge in [0, 0.05) is 22.3 Å². The second-order valence-electron chi connectivity index (χ2n) is 6.68. The van der Waals surface area contributed by atoms with Crippen LogP contribution in [0.3, 0.4) is 0 Å². The average Bonchev–Trinajstić information content (AvgIpc) is 2.27. The van der Waals surface area contributed by atoms with Crippen LogP contribution in [0.5, 0.6) is 0 Å². The quantitative estimate of drug-likeness (QED) is 0.453. The maximum atomic E-state index is 11.8. The van der Waals surface area contributed by atoms with Crippen molar-refractivity contribution in [2.24, 2.45) is 10.8 Å². The molecule has 6 heteroatoms. The van der Waals surface area contributed by atoms with E-state index in [4.69, 9.17) is 10.4 Å². The van der Waals surface area contributed by atoms with Crippen molar-refractivity contribution in [2.75, 3.05) is 18.1 Å². The Kier molecular flexibility index (Phi) is 8.54. The van der Waals surface area contributed by atoms with Crippen LogP contribution in [0, 0.1) is 10.8 Å². The van der Waals surface area contributed by atoms with Crippen molar-refractivity contribution < 1.29 is 24.3 Å². The predicted molar refractivity (Wildman–Crippen MR) is 80.1 cm³/mol. The van der Waals surface area contributed by atoms with Gasteiger partial charge in [0.15, 0.2) is 0 Å². The highest BCUT2D eigenvalue weighted by molar-refractivity contribution is 7.84. The lowest BCUT2D eigenvalue weighted by atomic mass is 9.88. The van der Waals surface area contributed by atoms with Crippen molar-refractivity contribution in [1.82, 2.24) is 0 Å². The summed E-state index contributed by atoms with van der Waals surface area (Å²) >= 11 is 0. The van der Waals surface area contributed by atoms with Crippen molar-refractivity contribution in [1.29, 1.82) is 0 Å². The molecular weight excluding hydrogens is 280 g/mol. The van der Waals surface area contributed by atoms with E-state index < -0.39 is 22.2 Å². The van der Waals surface area contributed by atoms with E-state index in [0.29, 0.717) is 24.3 Å². The molecule has 0 saturated heterocycles. The summed E-state index contributed by atoms with van der Waals surface area (Å²) in [4.78, 5) is 15.1. The van der Waals surface area contributed by atoms with E-state index in [1.807, 2.05) is 13.8 Å². The van der Waals surface area contributed by atoms with Crippen LogP contribution >= 0.6 is 0 Å². The molecule has 0 bridgehead atoms. The molecule has 0 aliphatic heterocycles. The van der Waals surface area contributed by atoms with Crippen LogP contribution in [0.15, 0.2) is 0 Å². The summed E-state index contributed by atoms with van der Waals surface area (Å²) in [5.41, 5.74) is -0.866. The summed E-state index contributed by atoms with van der Waals surface area (Å²) in [6, 6.07) is 0. The first-order chi connectivity index (χ1) is 9.10. The third kappa shape index (κ3) is 8.66. The molecule has 0 heterocycles. The number of hydrogen-bond acceptors (Lipinski definition) is 4. The van der Waals surface area contributed by atoms with Gasteiger partial charge in [-0.15, -0.1) is 0 Å². The zero-order valence-corrected chi connectivity index (χ0v) is 13.8. The zero-order chi connectivity index (χ0) is 15.8. The van der Waals surface area contributed by atoms with Crippen LogP contribution < -0.4 is 0 Å². The van der Waals surface area contributed by atoms with E-state index in [0.717, 1.165) is 12.8 Å². The van der Waals surface area contributed by atoms with Crippen molar-refractivity contribution in [3.05, 3.63) is 0 Å². The van der Waals surface area contributed by atoms with Gasteiger partial charge in [-0.25, -0.2) is 4.89 Å². The van der Waals surface area contributed by atoms with Gasteiger partial charge in [0.25, 0.3) is 0 Å². The Morgan fingerprint density at radius 1 is 1.10 bits per heavy atom. The summed E-state index contributed by atoms with van der Waals surface area (Å²) in [5, 5.41) is 17.4. The molecular formula is C14H28O5S. The molecule has 2 N–H and O–H groups in total. The molecule has 120 valence electrons. The smallest absolute Gasteiger partial charge is 0.309 e. The number of rotatable bonds is 11. The minimum Gasteiger partial charge on any atom is -0.481 e. The third-order valence-corrected chi connectivity index (χ3v) is 4.92. The molecule has 0 radical (unpaired) electrons. The number of hydrogen-bond donors (Lipinski definition) is 2. The van der Waals surface area contributed by atoms with Gasteiger partial charge >= 0.3 is 5.97 Å². The molecule has 0 aliphatic rings. The summed E-state index contributed by atoms with van der Waals surface area (Å²) < 4.78 is 11.8. The molecule has 20 heavy (non-hydrogen) atoms. The second-order valence-corrected chi connectivity index (χ2v) is 8.38. The first kappa shape index (κ1) is 19.5. The summed E-state index contributed by atoms with van der Waals surface area (Å²) in [7, 11) is -0.903. The molecule has 0 saturated carbocycles. The van der Waals surface area contributed by atoms with E-state index in [9.17, 15) is 9.00 Å². The highest BCUT2D eigenvalue weighted by Gasteiger charge is 2.26. The normalized spacial score (nSPS) is 14.2. The van der Waals surface area contributed by atoms with E-state index in [2.05, 4.69) is 4.89 Å². The molecule has 5 nitrogen and oxygen atoms in total. The van der Waals surface area contributed by atoms with Gasteiger partial charge in [0.2, 0.25) is 0 Å². The summed E-state index contributed by atoms with van der Waals surface area (Å²) in [6.07, 6.45) is 2.85. The van der Waals surface area contributed by atoms with E-state index >= 15 is 0 Å². The summed E-state index contributed by atoms with van der Waals surface area (Å²) in [5.74, 6) is 0.352. The van der Waals surface area contributed by atoms with Gasteiger partial charge in [0.05, 0.1) is 12.0 Å². The minimum atomic E-state index is -0.903. The van der Waals surface area contributed by atoms with Crippen molar-refractivity contribution in [3.63, 3.8) is 0 Å². The molecule has 0 aromatic heterocycles. The maximum Gasteiger partial charge on any atom is 0.309 e. The fourth-order valence-corrected chi connectivity index (χ4v) is 2.98. The Labute approximate surface area is 124 Å². The standard InChI is InChI=1S/C14H28O5S/c1-13(2,11-19-17)7-5-9-20(18)10-6-8-14(3,4)12(15)16/h17H,5-11H2,1-4H3,(H,15,16). The highest BCUT2D eigenvalue weighted by Crippen LogP contribution is 2.24. The van der Waals surface area contributed by atoms with E-state index in [1.54, 1.807) is 13.8 Å². The van der Waals surface area contributed by atoms with Crippen molar-refractivity contribution in [3.8, 4) is 0 Å². The van der Waals surface area contributed by atoms with Gasteiger partial charge in [-0.2, -0.15) is 0 Å². The van der Waals surface area contributed by atoms with Crippen LogP contribution in [-0.4, -0.2) is 38.7 Å². The SMILES string of the molecule is CC(C)(CCCS(=O)CCCC(C)(C)C(=O)O)COO. The van der Waals surface area contributed by atoms with Crippen molar-refractivity contribution in [2.45, 2.75) is 53.4 Å². The largest absolute Gasteiger partial charge is 0.481 e. The monoisotopic (exact) mass is 308 g/mol. The van der Waals surface area contributed by atoms with Gasteiger partial charge in [-0.3, -0.25) is 14.3 Å². The minimum absolute atomic E-state index is 0.121. The van der Waals surface area contributed by atoms with Crippen LogP contribution in [0.1, 0.15) is 53.4 Å². The number of carbonyl (C=O) groups is 1. The van der Waals surface area contributed by atoms with Gasteiger partial charge in [-0.05, 0) is 44.9 Å². The molecule has 0 aliphatic carbocycles. The first-order valence-electron chi connectivity index (χ1n) is 6.95. The molecule has 0 fully saturated rings. The fraction of sp³-hybridized carbons (Fsp3) is 0.929. The zero-order valence-electron chi connectivity index (χ0n) is 13.0. The lowest BCUT2D eigenvalue weighted by Crippen LogP contribution is -2.24. The van der Waals surface area contributed by atoms with Crippen molar-refractivity contribution >= 4 is 16.8 Å². The summed E-state index contributed by atoms with van der Waals surface area (Å²) in [6.45, 7) is 7.63. The Bertz CT molecular complexity index is 326. The molecule has 0 aromatic carbocycles. The Hall–Kier alpha value is -0.460. The Morgan fingerprint density at radius 2 is 1.60 bits per heavy atom. The number of carboxylic acid groups (broad SMARTS) is 1. The number of aliphatic carboxylic acids is 1. The fourth-order valence-electron chi connectivity index (χ4n) is 1.84. The van der Waals surface area contributed by atoms with Gasteiger partial charge in [0.1, 0.15) is 0 Å². The lowest BCUT2D eigenvalue weighted by molar-refractivity contribution is -0.260.